The predicted molar refractivity (Wildman–Crippen MR) is 156 cm³/mol. The van der Waals surface area contributed by atoms with Crippen molar-refractivity contribution in [3.05, 3.63) is 81.5 Å². The van der Waals surface area contributed by atoms with E-state index < -0.39 is 0 Å². The molecule has 0 aliphatic carbocycles. The Bertz CT molecular complexity index is 1300. The van der Waals surface area contributed by atoms with Crippen molar-refractivity contribution in [1.29, 1.82) is 0 Å². The molecule has 0 N–H and O–H groups in total. The first kappa shape index (κ1) is 28.2. The van der Waals surface area contributed by atoms with E-state index in [2.05, 4.69) is 37.4 Å². The van der Waals surface area contributed by atoms with Crippen LogP contribution in [-0.4, -0.2) is 67.7 Å². The summed E-state index contributed by atoms with van der Waals surface area (Å²) < 4.78 is 17.6. The third kappa shape index (κ3) is 6.34. The van der Waals surface area contributed by atoms with Gasteiger partial charge in [-0.15, -0.1) is 11.3 Å². The minimum atomic E-state index is -0.229. The number of hydrogen-bond acceptors (Lipinski definition) is 6. The van der Waals surface area contributed by atoms with Gasteiger partial charge in [-0.3, -0.25) is 9.59 Å². The van der Waals surface area contributed by atoms with Gasteiger partial charge in [-0.2, -0.15) is 0 Å². The molecule has 0 saturated carbocycles. The number of hydrogen-bond donors (Lipinski definition) is 0. The number of para-hydroxylation sites is 1. The molecule has 0 spiro atoms. The van der Waals surface area contributed by atoms with Gasteiger partial charge in [0.2, 0.25) is 5.91 Å². The first-order valence-electron chi connectivity index (χ1n) is 14.1. The van der Waals surface area contributed by atoms with Gasteiger partial charge in [0.05, 0.1) is 24.8 Å². The van der Waals surface area contributed by atoms with Crippen LogP contribution in [0.4, 0.5) is 0 Å². The van der Waals surface area contributed by atoms with Crippen LogP contribution in [0.2, 0.25) is 0 Å². The van der Waals surface area contributed by atoms with Crippen molar-refractivity contribution in [3.8, 4) is 11.5 Å². The van der Waals surface area contributed by atoms with E-state index >= 15 is 0 Å². The molecule has 1 aromatic heterocycles. The minimum Gasteiger partial charge on any atom is -0.496 e. The SMILES string of the molecule is COc1ccccc1C(=O)N(CC(=O)N1CCc2sccc2[C@H]1COc1ccc(C(C)C)cc1)C[C@@H]1CCCO1. The van der Waals surface area contributed by atoms with Crippen LogP contribution in [0, 0.1) is 0 Å². The molecule has 212 valence electrons. The van der Waals surface area contributed by atoms with E-state index in [1.807, 2.05) is 29.2 Å². The summed E-state index contributed by atoms with van der Waals surface area (Å²) in [5.41, 5.74) is 2.83. The van der Waals surface area contributed by atoms with Gasteiger partial charge in [0.25, 0.3) is 5.91 Å². The zero-order valence-electron chi connectivity index (χ0n) is 23.5. The number of rotatable bonds is 10. The molecule has 40 heavy (non-hydrogen) atoms. The minimum absolute atomic E-state index is 0.0319. The monoisotopic (exact) mass is 562 g/mol. The van der Waals surface area contributed by atoms with E-state index in [0.29, 0.717) is 43.5 Å². The Morgan fingerprint density at radius 2 is 1.93 bits per heavy atom. The van der Waals surface area contributed by atoms with Crippen LogP contribution in [0.25, 0.3) is 0 Å². The first-order chi connectivity index (χ1) is 19.4. The Balaban J connectivity index is 1.35. The molecule has 0 radical (unpaired) electrons. The standard InChI is InChI=1S/C32H38N2O5S/c1-22(2)23-10-12-24(13-11-23)39-21-28-26-15-18-40-30(26)14-16-34(28)31(35)20-33(19-25-7-6-17-38-25)32(36)27-8-4-5-9-29(27)37-3/h4-5,8-13,15,18,22,25,28H,6-7,14,16-17,19-21H2,1-3H3/t25-,28+/m0/s1. The van der Waals surface area contributed by atoms with E-state index in [1.165, 1.54) is 10.4 Å². The third-order valence-corrected chi connectivity index (χ3v) is 8.77. The number of carbonyl (C=O) groups is 2. The van der Waals surface area contributed by atoms with E-state index in [-0.39, 0.29) is 30.5 Å². The lowest BCUT2D eigenvalue weighted by Gasteiger charge is -2.37. The maximum absolute atomic E-state index is 14.0. The lowest BCUT2D eigenvalue weighted by molar-refractivity contribution is -0.135. The van der Waals surface area contributed by atoms with Gasteiger partial charge in [0, 0.05) is 24.6 Å². The highest BCUT2D eigenvalue weighted by atomic mass is 32.1. The van der Waals surface area contributed by atoms with E-state index in [1.54, 1.807) is 35.5 Å². The molecule has 2 aliphatic heterocycles. The van der Waals surface area contributed by atoms with Gasteiger partial charge in [-0.05, 0) is 72.0 Å². The normalized spacial score (nSPS) is 18.4. The van der Waals surface area contributed by atoms with E-state index in [9.17, 15) is 9.59 Å². The Labute approximate surface area is 240 Å². The van der Waals surface area contributed by atoms with Gasteiger partial charge in [-0.1, -0.05) is 38.1 Å². The lowest BCUT2D eigenvalue weighted by Crippen LogP contribution is -2.49. The fraction of sp³-hybridized carbons (Fsp3) is 0.438. The fourth-order valence-corrected chi connectivity index (χ4v) is 6.43. The summed E-state index contributed by atoms with van der Waals surface area (Å²) in [6, 6.07) is 17.2. The molecule has 0 unspecified atom stereocenters. The molecule has 7 nitrogen and oxygen atoms in total. The molecule has 3 aromatic rings. The number of carbonyl (C=O) groups excluding carboxylic acids is 2. The zero-order chi connectivity index (χ0) is 28.1. The van der Waals surface area contributed by atoms with Gasteiger partial charge in [0.15, 0.2) is 0 Å². The maximum atomic E-state index is 14.0. The van der Waals surface area contributed by atoms with Gasteiger partial charge in [-0.25, -0.2) is 0 Å². The van der Waals surface area contributed by atoms with Crippen molar-refractivity contribution in [1.82, 2.24) is 9.80 Å². The number of fused-ring (bicyclic) bond motifs is 1. The lowest BCUT2D eigenvalue weighted by atomic mass is 10.00. The van der Waals surface area contributed by atoms with Crippen molar-refractivity contribution < 1.29 is 23.8 Å². The molecule has 2 aliphatic rings. The summed E-state index contributed by atoms with van der Waals surface area (Å²) in [4.78, 5) is 32.5. The molecular formula is C32H38N2O5S. The number of thiophene rings is 1. The van der Waals surface area contributed by atoms with Crippen LogP contribution >= 0.6 is 11.3 Å². The van der Waals surface area contributed by atoms with Crippen LogP contribution in [0.5, 0.6) is 11.5 Å². The topological polar surface area (TPSA) is 68.3 Å². The van der Waals surface area contributed by atoms with E-state index in [0.717, 1.165) is 30.6 Å². The Kier molecular flexibility index (Phi) is 9.07. The molecule has 8 heteroatoms. The zero-order valence-corrected chi connectivity index (χ0v) is 24.3. The highest BCUT2D eigenvalue weighted by Crippen LogP contribution is 2.34. The third-order valence-electron chi connectivity index (χ3n) is 7.77. The number of amides is 2. The molecular weight excluding hydrogens is 524 g/mol. The molecule has 2 amide bonds. The summed E-state index contributed by atoms with van der Waals surface area (Å²) in [6.45, 7) is 6.28. The second kappa shape index (κ2) is 12.9. The molecule has 2 aromatic carbocycles. The van der Waals surface area contributed by atoms with Crippen LogP contribution in [0.3, 0.4) is 0 Å². The van der Waals surface area contributed by atoms with Crippen LogP contribution in [-0.2, 0) is 16.0 Å². The van der Waals surface area contributed by atoms with Crippen LogP contribution in [0.15, 0.2) is 60.0 Å². The summed E-state index contributed by atoms with van der Waals surface area (Å²) in [5.74, 6) is 1.40. The predicted octanol–water partition coefficient (Wildman–Crippen LogP) is 5.71. The number of methoxy groups -OCH3 is 1. The average molecular weight is 563 g/mol. The highest BCUT2D eigenvalue weighted by Gasteiger charge is 2.35. The Morgan fingerprint density at radius 3 is 2.65 bits per heavy atom. The number of ether oxygens (including phenoxy) is 3. The first-order valence-corrected chi connectivity index (χ1v) is 14.9. The van der Waals surface area contributed by atoms with Crippen molar-refractivity contribution in [2.45, 2.75) is 51.2 Å². The van der Waals surface area contributed by atoms with Crippen LogP contribution in [0.1, 0.15) is 65.0 Å². The largest absolute Gasteiger partial charge is 0.496 e. The second-order valence-corrected chi connectivity index (χ2v) is 11.7. The smallest absolute Gasteiger partial charge is 0.258 e. The summed E-state index contributed by atoms with van der Waals surface area (Å²) in [6.07, 6.45) is 2.55. The Hall–Kier alpha value is -3.36. The maximum Gasteiger partial charge on any atom is 0.258 e. The quantitative estimate of drug-likeness (QED) is 0.317. The van der Waals surface area contributed by atoms with Crippen molar-refractivity contribution in [2.24, 2.45) is 0 Å². The summed E-state index contributed by atoms with van der Waals surface area (Å²) in [5, 5.41) is 2.08. The molecule has 1 saturated heterocycles. The summed E-state index contributed by atoms with van der Waals surface area (Å²) in [7, 11) is 1.55. The molecule has 0 bridgehead atoms. The van der Waals surface area contributed by atoms with Gasteiger partial charge in [0.1, 0.15) is 24.7 Å². The molecule has 2 atom stereocenters. The van der Waals surface area contributed by atoms with Crippen molar-refractivity contribution >= 4 is 23.2 Å². The number of nitrogens with zero attached hydrogens (tertiary/aromatic N) is 2. The molecule has 1 fully saturated rings. The molecule has 5 rings (SSSR count). The molecule has 3 heterocycles. The van der Waals surface area contributed by atoms with Gasteiger partial charge < -0.3 is 24.0 Å². The number of benzene rings is 2. The van der Waals surface area contributed by atoms with Crippen LogP contribution < -0.4 is 9.47 Å². The second-order valence-electron chi connectivity index (χ2n) is 10.7. The summed E-state index contributed by atoms with van der Waals surface area (Å²) >= 11 is 1.72. The van der Waals surface area contributed by atoms with Crippen molar-refractivity contribution in [3.63, 3.8) is 0 Å². The van der Waals surface area contributed by atoms with Gasteiger partial charge >= 0.3 is 0 Å². The van der Waals surface area contributed by atoms with E-state index in [4.69, 9.17) is 14.2 Å². The average Bonchev–Trinajstić information content (AvgIpc) is 3.67. The fourth-order valence-electron chi connectivity index (χ4n) is 5.50. The van der Waals surface area contributed by atoms with Crippen molar-refractivity contribution in [2.75, 3.05) is 40.0 Å². The highest BCUT2D eigenvalue weighted by molar-refractivity contribution is 7.10. The Morgan fingerprint density at radius 1 is 1.12 bits per heavy atom.